The van der Waals surface area contributed by atoms with Crippen LogP contribution in [-0.4, -0.2) is 0 Å². The number of rotatable bonds is 4. The minimum absolute atomic E-state index is 0.893. The van der Waals surface area contributed by atoms with E-state index in [-0.39, 0.29) is 0 Å². The van der Waals surface area contributed by atoms with Crippen molar-refractivity contribution in [3.05, 3.63) is 206 Å². The molecule has 4 heteroatoms. The molecule has 12 rings (SSSR count). The van der Waals surface area contributed by atoms with Gasteiger partial charge in [0.25, 0.3) is 0 Å². The molecule has 1 aliphatic heterocycles. The van der Waals surface area contributed by atoms with Crippen molar-refractivity contribution in [1.29, 1.82) is 0 Å². The molecule has 3 nitrogen and oxygen atoms in total. The zero-order chi connectivity index (χ0) is 39.0. The molecule has 0 N–H and O–H groups in total. The van der Waals surface area contributed by atoms with Crippen LogP contribution in [0.4, 0.5) is 34.1 Å². The molecule has 9 aromatic carbocycles. The van der Waals surface area contributed by atoms with Crippen LogP contribution in [0.2, 0.25) is 0 Å². The zero-order valence-corrected chi connectivity index (χ0v) is 33.1. The molecule has 278 valence electrons. The summed E-state index contributed by atoms with van der Waals surface area (Å²) in [5.41, 5.74) is 19.4. The number of aryl methyl sites for hydroxylation is 1. The van der Waals surface area contributed by atoms with Crippen LogP contribution in [0, 0.1) is 6.92 Å². The van der Waals surface area contributed by atoms with Crippen molar-refractivity contribution in [1.82, 2.24) is 0 Å². The van der Waals surface area contributed by atoms with Gasteiger partial charge in [0.2, 0.25) is 0 Å². The monoisotopic (exact) mass is 772 g/mol. The summed E-state index contributed by atoms with van der Waals surface area (Å²) >= 11 is 1.83. The van der Waals surface area contributed by atoms with E-state index < -0.39 is 0 Å². The van der Waals surface area contributed by atoms with E-state index in [1.54, 1.807) is 0 Å². The topological polar surface area (TPSA) is 19.6 Å². The van der Waals surface area contributed by atoms with Crippen molar-refractivity contribution < 1.29 is 4.42 Å². The largest absolute Gasteiger partial charge is 0.456 e. The lowest BCUT2D eigenvalue weighted by molar-refractivity contribution is 0.668. The average Bonchev–Trinajstić information content (AvgIpc) is 3.65. The SMILES string of the molecule is Cc1cccc(N(c2ccccc2)c2ccc3c(c2)-c2ccccc2-c2ccc(N4c5ccccc5Sc5cc6c(cc54)oc4ccccc46)cc2-c2ccccc2-3)c1. The van der Waals surface area contributed by atoms with E-state index in [4.69, 9.17) is 4.42 Å². The van der Waals surface area contributed by atoms with Gasteiger partial charge in [0.15, 0.2) is 0 Å². The molecule has 0 amide bonds. The van der Waals surface area contributed by atoms with Gasteiger partial charge >= 0.3 is 0 Å². The first-order valence-electron chi connectivity index (χ1n) is 20.1. The molecule has 0 atom stereocenters. The first-order chi connectivity index (χ1) is 29.2. The normalized spacial score (nSPS) is 12.4. The molecule has 1 aliphatic carbocycles. The van der Waals surface area contributed by atoms with Crippen LogP contribution in [0.3, 0.4) is 0 Å². The van der Waals surface area contributed by atoms with Crippen LogP contribution in [0.1, 0.15) is 5.56 Å². The summed E-state index contributed by atoms with van der Waals surface area (Å²) in [5, 5.41) is 2.28. The third-order valence-electron chi connectivity index (χ3n) is 11.8. The lowest BCUT2D eigenvalue weighted by Gasteiger charge is -2.34. The minimum atomic E-state index is 0.893. The second-order valence-corrected chi connectivity index (χ2v) is 16.5. The molecular weight excluding hydrogens is 737 g/mol. The first-order valence-corrected chi connectivity index (χ1v) is 20.9. The molecule has 0 radical (unpaired) electrons. The summed E-state index contributed by atoms with van der Waals surface area (Å²) in [4.78, 5) is 7.22. The Morgan fingerprint density at radius 3 is 1.78 bits per heavy atom. The molecule has 0 unspecified atom stereocenters. The Morgan fingerprint density at radius 2 is 1.00 bits per heavy atom. The maximum absolute atomic E-state index is 6.47. The summed E-state index contributed by atoms with van der Waals surface area (Å²) in [6.07, 6.45) is 0. The number of fused-ring (bicyclic) bond motifs is 13. The first kappa shape index (κ1) is 33.8. The quantitative estimate of drug-likeness (QED) is 0.177. The number of hydrogen-bond donors (Lipinski definition) is 0. The van der Waals surface area contributed by atoms with Crippen molar-refractivity contribution in [3.8, 4) is 44.5 Å². The third kappa shape index (κ3) is 5.45. The van der Waals surface area contributed by atoms with E-state index in [9.17, 15) is 0 Å². The highest BCUT2D eigenvalue weighted by molar-refractivity contribution is 7.99. The molecule has 2 heterocycles. The van der Waals surface area contributed by atoms with Gasteiger partial charge in [-0.25, -0.2) is 0 Å². The lowest BCUT2D eigenvalue weighted by atomic mass is 9.80. The van der Waals surface area contributed by atoms with Gasteiger partial charge in [-0.3, -0.25) is 0 Å². The van der Waals surface area contributed by atoms with Crippen molar-refractivity contribution >= 4 is 67.8 Å². The Hall–Kier alpha value is -7.27. The van der Waals surface area contributed by atoms with Crippen molar-refractivity contribution in [2.45, 2.75) is 16.7 Å². The van der Waals surface area contributed by atoms with Crippen LogP contribution in [-0.2, 0) is 0 Å². The molecule has 2 aliphatic rings. The standard InChI is InChI=1S/C55H36N2OS/c1-35-14-13-17-37(30-35)56(36-15-3-2-4-16-36)38-26-28-44-41-19-6-8-21-43(41)48-32-39(27-29-45(48)40-18-5-7-20-42(40)47(44)31-38)57-50-23-10-12-25-54(50)59-55-33-49-46-22-9-11-24-52(46)58-53(49)34-51(55)57/h2-34H,1H3. The predicted molar refractivity (Wildman–Crippen MR) is 247 cm³/mol. The number of furan rings is 1. The fraction of sp³-hybridized carbons (Fsp3) is 0.0182. The summed E-state index contributed by atoms with van der Waals surface area (Å²) in [7, 11) is 0. The highest BCUT2D eigenvalue weighted by atomic mass is 32.2. The van der Waals surface area contributed by atoms with Gasteiger partial charge in [0.1, 0.15) is 11.2 Å². The van der Waals surface area contributed by atoms with Crippen molar-refractivity contribution in [2.24, 2.45) is 0 Å². The van der Waals surface area contributed by atoms with Crippen LogP contribution in [0.15, 0.2) is 214 Å². The summed E-state index contributed by atoms with van der Waals surface area (Å²) < 4.78 is 6.47. The Bertz CT molecular complexity index is 3290. The van der Waals surface area contributed by atoms with Crippen molar-refractivity contribution in [2.75, 3.05) is 9.80 Å². The molecule has 59 heavy (non-hydrogen) atoms. The van der Waals surface area contributed by atoms with Gasteiger partial charge in [0.05, 0.1) is 11.4 Å². The van der Waals surface area contributed by atoms with Crippen LogP contribution < -0.4 is 9.80 Å². The van der Waals surface area contributed by atoms with Crippen LogP contribution in [0.25, 0.3) is 66.4 Å². The molecule has 0 spiro atoms. The van der Waals surface area contributed by atoms with Gasteiger partial charge in [0, 0.05) is 49.4 Å². The number of nitrogens with zero attached hydrogens (tertiary/aromatic N) is 2. The van der Waals surface area contributed by atoms with Gasteiger partial charge in [-0.05, 0) is 130 Å². The zero-order valence-electron chi connectivity index (χ0n) is 32.3. The van der Waals surface area contributed by atoms with E-state index in [1.165, 1.54) is 59.9 Å². The van der Waals surface area contributed by atoms with E-state index in [2.05, 4.69) is 211 Å². The maximum atomic E-state index is 6.47. The summed E-state index contributed by atoms with van der Waals surface area (Å²) in [6.45, 7) is 2.16. The van der Waals surface area contributed by atoms with E-state index in [1.807, 2.05) is 17.8 Å². The number of para-hydroxylation sites is 3. The van der Waals surface area contributed by atoms with Crippen molar-refractivity contribution in [3.63, 3.8) is 0 Å². The maximum Gasteiger partial charge on any atom is 0.137 e. The molecule has 0 saturated carbocycles. The number of benzene rings is 9. The summed E-state index contributed by atoms with van der Waals surface area (Å²) in [5.74, 6) is 0. The fourth-order valence-corrected chi connectivity index (χ4v) is 10.3. The minimum Gasteiger partial charge on any atom is -0.456 e. The Balaban J connectivity index is 1.06. The van der Waals surface area contributed by atoms with Crippen LogP contribution in [0.5, 0.6) is 0 Å². The number of anilines is 6. The Morgan fingerprint density at radius 1 is 0.390 bits per heavy atom. The highest BCUT2D eigenvalue weighted by Gasteiger charge is 2.29. The molecule has 0 bridgehead atoms. The van der Waals surface area contributed by atoms with E-state index in [0.717, 1.165) is 56.1 Å². The van der Waals surface area contributed by atoms with Crippen LogP contribution >= 0.6 is 11.8 Å². The molecule has 0 saturated heterocycles. The predicted octanol–water partition coefficient (Wildman–Crippen LogP) is 16.3. The van der Waals surface area contributed by atoms with Gasteiger partial charge in [-0.15, -0.1) is 0 Å². The second kappa shape index (κ2) is 13.4. The molecule has 1 aromatic heterocycles. The highest BCUT2D eigenvalue weighted by Crippen LogP contribution is 2.55. The molecular formula is C55H36N2OS. The smallest absolute Gasteiger partial charge is 0.137 e. The molecule has 0 fully saturated rings. The van der Waals surface area contributed by atoms with E-state index >= 15 is 0 Å². The van der Waals surface area contributed by atoms with Gasteiger partial charge in [-0.2, -0.15) is 0 Å². The Labute approximate surface area is 347 Å². The molecule has 10 aromatic rings. The number of hydrogen-bond acceptors (Lipinski definition) is 4. The average molecular weight is 773 g/mol. The lowest BCUT2D eigenvalue weighted by Crippen LogP contribution is -2.15. The second-order valence-electron chi connectivity index (χ2n) is 15.4. The third-order valence-corrected chi connectivity index (χ3v) is 12.9. The van der Waals surface area contributed by atoms with E-state index in [0.29, 0.717) is 0 Å². The summed E-state index contributed by atoms with van der Waals surface area (Å²) in [6, 6.07) is 72.9. The van der Waals surface area contributed by atoms with Gasteiger partial charge in [-0.1, -0.05) is 133 Å². The Kier molecular flexibility index (Phi) is 7.69. The van der Waals surface area contributed by atoms with Gasteiger partial charge < -0.3 is 14.2 Å². The fourth-order valence-electron chi connectivity index (χ4n) is 9.21.